The third-order valence-corrected chi connectivity index (χ3v) is 2.21. The highest BCUT2D eigenvalue weighted by Gasteiger charge is 2.05. The standard InChI is InChI=1S/C11H10FNO/c1-13-10-4-2-3-8-9(10)5-7(12)6-11(8)14/h2-6,13-14H,1H3. The monoisotopic (exact) mass is 191 g/mol. The number of phenolic OH excluding ortho intramolecular Hbond substituents is 1. The molecule has 0 unspecified atom stereocenters. The van der Waals surface area contributed by atoms with Gasteiger partial charge in [-0.05, 0) is 12.1 Å². The van der Waals surface area contributed by atoms with E-state index in [-0.39, 0.29) is 5.75 Å². The topological polar surface area (TPSA) is 32.3 Å². The summed E-state index contributed by atoms with van der Waals surface area (Å²) in [4.78, 5) is 0. The van der Waals surface area contributed by atoms with E-state index in [0.29, 0.717) is 10.8 Å². The normalized spacial score (nSPS) is 10.4. The van der Waals surface area contributed by atoms with E-state index in [4.69, 9.17) is 0 Å². The van der Waals surface area contributed by atoms with Crippen molar-refractivity contribution in [2.75, 3.05) is 12.4 Å². The first-order valence-corrected chi connectivity index (χ1v) is 4.31. The molecule has 0 heterocycles. The number of hydrogen-bond donors (Lipinski definition) is 2. The number of aromatic hydroxyl groups is 1. The summed E-state index contributed by atoms with van der Waals surface area (Å²) in [5.41, 5.74) is 0.803. The number of phenols is 1. The van der Waals surface area contributed by atoms with Gasteiger partial charge in [-0.3, -0.25) is 0 Å². The molecule has 0 atom stereocenters. The van der Waals surface area contributed by atoms with E-state index in [1.54, 1.807) is 13.1 Å². The Kier molecular flexibility index (Phi) is 2.00. The van der Waals surface area contributed by atoms with Crippen LogP contribution >= 0.6 is 0 Å². The van der Waals surface area contributed by atoms with Gasteiger partial charge in [0.05, 0.1) is 0 Å². The Balaban J connectivity index is 2.86. The van der Waals surface area contributed by atoms with Gasteiger partial charge in [0.25, 0.3) is 0 Å². The van der Waals surface area contributed by atoms with Gasteiger partial charge in [-0.1, -0.05) is 12.1 Å². The van der Waals surface area contributed by atoms with Crippen LogP contribution in [0.3, 0.4) is 0 Å². The van der Waals surface area contributed by atoms with Gasteiger partial charge in [-0.2, -0.15) is 0 Å². The van der Waals surface area contributed by atoms with Gasteiger partial charge in [0.15, 0.2) is 0 Å². The maximum atomic E-state index is 13.0. The summed E-state index contributed by atoms with van der Waals surface area (Å²) in [6, 6.07) is 7.92. The summed E-state index contributed by atoms with van der Waals surface area (Å²) in [6.45, 7) is 0. The molecule has 0 fully saturated rings. The molecule has 2 aromatic carbocycles. The minimum Gasteiger partial charge on any atom is -0.507 e. The largest absolute Gasteiger partial charge is 0.507 e. The van der Waals surface area contributed by atoms with Crippen LogP contribution in [0.15, 0.2) is 30.3 Å². The molecule has 0 amide bonds. The van der Waals surface area contributed by atoms with E-state index < -0.39 is 5.82 Å². The summed E-state index contributed by atoms with van der Waals surface area (Å²) in [5.74, 6) is -0.463. The minimum atomic E-state index is -0.433. The Morgan fingerprint density at radius 3 is 2.71 bits per heavy atom. The molecule has 0 aromatic heterocycles. The molecule has 2 aromatic rings. The van der Waals surface area contributed by atoms with Gasteiger partial charge in [-0.25, -0.2) is 4.39 Å². The maximum Gasteiger partial charge on any atom is 0.127 e. The van der Waals surface area contributed by atoms with Gasteiger partial charge < -0.3 is 10.4 Å². The number of fused-ring (bicyclic) bond motifs is 1. The third-order valence-electron chi connectivity index (χ3n) is 2.21. The number of rotatable bonds is 1. The van der Waals surface area contributed by atoms with Crippen molar-refractivity contribution in [1.82, 2.24) is 0 Å². The predicted octanol–water partition coefficient (Wildman–Crippen LogP) is 2.73. The lowest BCUT2D eigenvalue weighted by Crippen LogP contribution is -1.89. The highest BCUT2D eigenvalue weighted by Crippen LogP contribution is 2.30. The van der Waals surface area contributed by atoms with Gasteiger partial charge in [0.1, 0.15) is 11.6 Å². The molecule has 0 saturated heterocycles. The van der Waals surface area contributed by atoms with Gasteiger partial charge in [0.2, 0.25) is 0 Å². The van der Waals surface area contributed by atoms with Crippen LogP contribution in [-0.2, 0) is 0 Å². The summed E-state index contributed by atoms with van der Waals surface area (Å²) < 4.78 is 13.0. The number of hydrogen-bond acceptors (Lipinski definition) is 2. The Morgan fingerprint density at radius 1 is 1.21 bits per heavy atom. The Bertz CT molecular complexity index is 482. The highest BCUT2D eigenvalue weighted by atomic mass is 19.1. The molecule has 2 nitrogen and oxygen atoms in total. The van der Waals surface area contributed by atoms with Crippen molar-refractivity contribution < 1.29 is 9.50 Å². The third kappa shape index (κ3) is 1.27. The minimum absolute atomic E-state index is 0.0305. The van der Waals surface area contributed by atoms with Crippen molar-refractivity contribution in [2.45, 2.75) is 0 Å². The number of nitrogens with one attached hydrogen (secondary N) is 1. The number of benzene rings is 2. The molecule has 14 heavy (non-hydrogen) atoms. The lowest BCUT2D eigenvalue weighted by molar-refractivity contribution is 0.476. The molecule has 0 saturated carbocycles. The van der Waals surface area contributed by atoms with Crippen LogP contribution in [0.5, 0.6) is 5.75 Å². The van der Waals surface area contributed by atoms with E-state index in [2.05, 4.69) is 5.32 Å². The smallest absolute Gasteiger partial charge is 0.127 e. The Hall–Kier alpha value is -1.77. The second-order valence-electron chi connectivity index (χ2n) is 3.08. The molecule has 0 aliphatic rings. The lowest BCUT2D eigenvalue weighted by atomic mass is 10.1. The van der Waals surface area contributed by atoms with Crippen LogP contribution in [0.2, 0.25) is 0 Å². The molecule has 72 valence electrons. The van der Waals surface area contributed by atoms with Crippen molar-refractivity contribution in [3.63, 3.8) is 0 Å². The average Bonchev–Trinajstić information content (AvgIpc) is 2.17. The number of halogens is 1. The number of anilines is 1. The first-order valence-electron chi connectivity index (χ1n) is 4.31. The van der Waals surface area contributed by atoms with Crippen LogP contribution in [-0.4, -0.2) is 12.2 Å². The fraction of sp³-hybridized carbons (Fsp3) is 0.0909. The second kappa shape index (κ2) is 3.18. The van der Waals surface area contributed by atoms with Crippen molar-refractivity contribution >= 4 is 16.5 Å². The average molecular weight is 191 g/mol. The molecule has 0 radical (unpaired) electrons. The van der Waals surface area contributed by atoms with Gasteiger partial charge in [-0.15, -0.1) is 0 Å². The molecule has 0 aliphatic heterocycles. The van der Waals surface area contributed by atoms with E-state index in [1.807, 2.05) is 12.1 Å². The van der Waals surface area contributed by atoms with Crippen molar-refractivity contribution in [1.29, 1.82) is 0 Å². The summed E-state index contributed by atoms with van der Waals surface area (Å²) in [5, 5.41) is 13.8. The van der Waals surface area contributed by atoms with E-state index in [9.17, 15) is 9.50 Å². The predicted molar refractivity (Wildman–Crippen MR) is 55.1 cm³/mol. The molecule has 2 N–H and O–H groups in total. The summed E-state index contributed by atoms with van der Waals surface area (Å²) in [6.07, 6.45) is 0. The van der Waals surface area contributed by atoms with E-state index in [1.165, 1.54) is 6.07 Å². The molecule has 0 bridgehead atoms. The van der Waals surface area contributed by atoms with Crippen LogP contribution < -0.4 is 5.32 Å². The first kappa shape index (κ1) is 8.81. The first-order chi connectivity index (χ1) is 6.72. The molecule has 0 aliphatic carbocycles. The van der Waals surface area contributed by atoms with Crippen LogP contribution in [0, 0.1) is 5.82 Å². The maximum absolute atomic E-state index is 13.0. The van der Waals surface area contributed by atoms with Crippen LogP contribution in [0.25, 0.3) is 10.8 Å². The second-order valence-corrected chi connectivity index (χ2v) is 3.08. The van der Waals surface area contributed by atoms with Crippen LogP contribution in [0.1, 0.15) is 0 Å². The quantitative estimate of drug-likeness (QED) is 0.726. The van der Waals surface area contributed by atoms with Gasteiger partial charge >= 0.3 is 0 Å². The summed E-state index contributed by atoms with van der Waals surface area (Å²) in [7, 11) is 1.76. The molecule has 3 heteroatoms. The molecule has 0 spiro atoms. The zero-order valence-electron chi connectivity index (χ0n) is 7.71. The zero-order valence-corrected chi connectivity index (χ0v) is 7.71. The van der Waals surface area contributed by atoms with Crippen molar-refractivity contribution in [3.8, 4) is 5.75 Å². The van der Waals surface area contributed by atoms with Gasteiger partial charge in [0, 0.05) is 29.6 Å². The Labute approximate surface area is 81.0 Å². The van der Waals surface area contributed by atoms with Crippen molar-refractivity contribution in [3.05, 3.63) is 36.1 Å². The SMILES string of the molecule is CNc1cccc2c(O)cc(F)cc12. The van der Waals surface area contributed by atoms with E-state index >= 15 is 0 Å². The zero-order chi connectivity index (χ0) is 10.1. The molecule has 2 rings (SSSR count). The van der Waals surface area contributed by atoms with E-state index in [0.717, 1.165) is 11.8 Å². The fourth-order valence-corrected chi connectivity index (χ4v) is 1.55. The van der Waals surface area contributed by atoms with Crippen LogP contribution in [0.4, 0.5) is 10.1 Å². The molecular weight excluding hydrogens is 181 g/mol. The summed E-state index contributed by atoms with van der Waals surface area (Å²) >= 11 is 0. The Morgan fingerprint density at radius 2 is 2.00 bits per heavy atom. The lowest BCUT2D eigenvalue weighted by Gasteiger charge is -2.06. The van der Waals surface area contributed by atoms with Crippen molar-refractivity contribution in [2.24, 2.45) is 0 Å². The highest BCUT2D eigenvalue weighted by molar-refractivity contribution is 5.97. The molecular formula is C11H10FNO. The fourth-order valence-electron chi connectivity index (χ4n) is 1.55.